The molecule has 0 aliphatic carbocycles. The Labute approximate surface area is 90.4 Å². The van der Waals surface area contributed by atoms with Crippen molar-refractivity contribution < 1.29 is 14.7 Å². The van der Waals surface area contributed by atoms with Crippen molar-refractivity contribution in [3.05, 3.63) is 12.2 Å². The first-order valence-electron chi connectivity index (χ1n) is 5.33. The third kappa shape index (κ3) is 10.6. The van der Waals surface area contributed by atoms with Crippen molar-refractivity contribution in [2.45, 2.75) is 39.0 Å². The molecule has 86 valence electrons. The lowest BCUT2D eigenvalue weighted by atomic mass is 10.2. The van der Waals surface area contributed by atoms with E-state index < -0.39 is 5.97 Å². The molecule has 0 unspecified atom stereocenters. The van der Waals surface area contributed by atoms with Crippen LogP contribution in [0.15, 0.2) is 12.2 Å². The Morgan fingerprint density at radius 1 is 1.33 bits per heavy atom. The minimum atomic E-state index is -0.901. The number of nitrogens with one attached hydrogen (secondary N) is 1. The molecule has 0 spiro atoms. The van der Waals surface area contributed by atoms with Gasteiger partial charge in [-0.05, 0) is 18.9 Å². The van der Waals surface area contributed by atoms with Crippen LogP contribution in [0.4, 0.5) is 0 Å². The second-order valence-electron chi connectivity index (χ2n) is 3.33. The van der Waals surface area contributed by atoms with E-state index in [0.717, 1.165) is 12.8 Å². The van der Waals surface area contributed by atoms with Gasteiger partial charge in [0.25, 0.3) is 0 Å². The van der Waals surface area contributed by atoms with Crippen LogP contribution < -0.4 is 5.32 Å². The quantitative estimate of drug-likeness (QED) is 0.476. The lowest BCUT2D eigenvalue weighted by Crippen LogP contribution is -2.23. The molecule has 0 saturated carbocycles. The Bertz CT molecular complexity index is 224. The van der Waals surface area contributed by atoms with E-state index in [1.54, 1.807) is 0 Å². The number of carbonyl (C=O) groups is 2. The van der Waals surface area contributed by atoms with Crippen LogP contribution in [0.3, 0.4) is 0 Å². The summed E-state index contributed by atoms with van der Waals surface area (Å²) in [6.07, 6.45) is 7.60. The molecule has 0 radical (unpaired) electrons. The monoisotopic (exact) mass is 213 g/mol. The van der Waals surface area contributed by atoms with Gasteiger partial charge in [0.05, 0.1) is 6.42 Å². The molecule has 0 aromatic heterocycles. The molecule has 15 heavy (non-hydrogen) atoms. The fourth-order valence-corrected chi connectivity index (χ4v) is 1.05. The molecule has 0 aliphatic heterocycles. The van der Waals surface area contributed by atoms with Gasteiger partial charge in [-0.2, -0.15) is 0 Å². The highest BCUT2D eigenvalue weighted by atomic mass is 16.4. The van der Waals surface area contributed by atoms with E-state index in [1.807, 2.05) is 6.08 Å². The van der Waals surface area contributed by atoms with Crippen LogP contribution >= 0.6 is 0 Å². The summed E-state index contributed by atoms with van der Waals surface area (Å²) in [6, 6.07) is 0. The molecule has 0 aliphatic rings. The zero-order chi connectivity index (χ0) is 11.5. The number of hydrogen-bond acceptors (Lipinski definition) is 2. The highest BCUT2D eigenvalue weighted by molar-refractivity contribution is 5.87. The Morgan fingerprint density at radius 2 is 2.07 bits per heavy atom. The number of hydrogen-bond donors (Lipinski definition) is 2. The highest BCUT2D eigenvalue weighted by Gasteiger charge is 1.97. The van der Waals surface area contributed by atoms with Gasteiger partial charge in [-0.25, -0.2) is 0 Å². The van der Waals surface area contributed by atoms with E-state index in [1.165, 1.54) is 18.9 Å². The van der Waals surface area contributed by atoms with Gasteiger partial charge in [-0.1, -0.05) is 25.8 Å². The van der Waals surface area contributed by atoms with Crippen molar-refractivity contribution in [3.63, 3.8) is 0 Å². The maximum Gasteiger partial charge on any atom is 0.305 e. The van der Waals surface area contributed by atoms with Gasteiger partial charge < -0.3 is 10.4 Å². The van der Waals surface area contributed by atoms with E-state index in [9.17, 15) is 9.59 Å². The molecule has 0 heterocycles. The fraction of sp³-hybridized carbons (Fsp3) is 0.636. The lowest BCUT2D eigenvalue weighted by molar-refractivity contribution is -0.136. The number of aliphatic carboxylic acids is 1. The van der Waals surface area contributed by atoms with Crippen molar-refractivity contribution >= 4 is 11.9 Å². The first-order valence-corrected chi connectivity index (χ1v) is 5.33. The van der Waals surface area contributed by atoms with E-state index in [0.29, 0.717) is 0 Å². The number of unbranched alkanes of at least 4 members (excludes halogenated alkanes) is 3. The molecule has 0 aromatic rings. The van der Waals surface area contributed by atoms with Crippen LogP contribution in [0.1, 0.15) is 39.0 Å². The van der Waals surface area contributed by atoms with E-state index in [4.69, 9.17) is 5.11 Å². The molecular weight excluding hydrogens is 194 g/mol. The van der Waals surface area contributed by atoms with Gasteiger partial charge in [0.2, 0.25) is 5.91 Å². The predicted octanol–water partition coefficient (Wildman–Crippen LogP) is 1.71. The summed E-state index contributed by atoms with van der Waals surface area (Å²) < 4.78 is 0. The van der Waals surface area contributed by atoms with Crippen LogP contribution in [0.2, 0.25) is 0 Å². The van der Waals surface area contributed by atoms with Crippen molar-refractivity contribution in [2.75, 3.05) is 6.54 Å². The fourth-order valence-electron chi connectivity index (χ4n) is 1.05. The number of rotatable bonds is 8. The number of carbonyl (C=O) groups excluding carboxylic acids is 1. The molecule has 0 saturated heterocycles. The number of carboxylic acids is 1. The molecule has 0 atom stereocenters. The van der Waals surface area contributed by atoms with Gasteiger partial charge in [0.1, 0.15) is 0 Å². The van der Waals surface area contributed by atoms with Crippen LogP contribution in [-0.4, -0.2) is 23.5 Å². The Hall–Kier alpha value is -1.32. The minimum absolute atomic E-state index is 0.0323. The summed E-state index contributed by atoms with van der Waals surface area (Å²) in [5.74, 6) is -1.12. The summed E-state index contributed by atoms with van der Waals surface area (Å²) in [5.41, 5.74) is 0. The molecule has 1 amide bonds. The molecular formula is C11H19NO3. The molecule has 0 bridgehead atoms. The minimum Gasteiger partial charge on any atom is -0.481 e. The molecule has 4 nitrogen and oxygen atoms in total. The largest absolute Gasteiger partial charge is 0.481 e. The normalized spacial score (nSPS) is 10.5. The van der Waals surface area contributed by atoms with Crippen LogP contribution in [-0.2, 0) is 9.59 Å². The molecule has 0 fully saturated rings. The molecule has 0 aromatic carbocycles. The summed E-state index contributed by atoms with van der Waals surface area (Å²) in [5, 5.41) is 10.8. The van der Waals surface area contributed by atoms with Gasteiger partial charge in [-0.15, -0.1) is 0 Å². The van der Waals surface area contributed by atoms with E-state index >= 15 is 0 Å². The van der Waals surface area contributed by atoms with Gasteiger partial charge in [-0.3, -0.25) is 9.59 Å². The number of allylic oxidation sites excluding steroid dienone is 1. The average Bonchev–Trinajstić information content (AvgIpc) is 2.17. The van der Waals surface area contributed by atoms with Gasteiger partial charge >= 0.3 is 5.97 Å². The molecule has 2 N–H and O–H groups in total. The average molecular weight is 213 g/mol. The van der Waals surface area contributed by atoms with Crippen LogP contribution in [0.5, 0.6) is 0 Å². The Balaban J connectivity index is 3.43. The van der Waals surface area contributed by atoms with Gasteiger partial charge in [0.15, 0.2) is 0 Å². The first kappa shape index (κ1) is 13.7. The second kappa shape index (κ2) is 9.24. The SMILES string of the molecule is CCCCC/C=C/C(=O)NCCC(=O)O. The standard InChI is InChI=1S/C11H19NO3/c1-2-3-4-5-6-7-10(13)12-9-8-11(14)15/h6-7H,2-5,8-9H2,1H3,(H,12,13)(H,14,15)/b7-6+. The second-order valence-corrected chi connectivity index (χ2v) is 3.33. The van der Waals surface area contributed by atoms with E-state index in [2.05, 4.69) is 12.2 Å². The number of carboxylic acid groups (broad SMARTS) is 1. The van der Waals surface area contributed by atoms with Crippen molar-refractivity contribution in [2.24, 2.45) is 0 Å². The van der Waals surface area contributed by atoms with Crippen molar-refractivity contribution in [1.29, 1.82) is 0 Å². The zero-order valence-electron chi connectivity index (χ0n) is 9.16. The summed E-state index contributed by atoms with van der Waals surface area (Å²) in [4.78, 5) is 21.2. The van der Waals surface area contributed by atoms with Crippen LogP contribution in [0, 0.1) is 0 Å². The maximum atomic E-state index is 11.1. The van der Waals surface area contributed by atoms with Gasteiger partial charge in [0, 0.05) is 6.54 Å². The van der Waals surface area contributed by atoms with Crippen molar-refractivity contribution in [3.8, 4) is 0 Å². The third-order valence-corrected chi connectivity index (χ3v) is 1.88. The van der Waals surface area contributed by atoms with Crippen LogP contribution in [0.25, 0.3) is 0 Å². The summed E-state index contributed by atoms with van der Waals surface area (Å²) in [7, 11) is 0. The topological polar surface area (TPSA) is 66.4 Å². The third-order valence-electron chi connectivity index (χ3n) is 1.88. The Kier molecular flexibility index (Phi) is 8.43. The lowest BCUT2D eigenvalue weighted by Gasteiger charge is -1.98. The maximum absolute atomic E-state index is 11.1. The highest BCUT2D eigenvalue weighted by Crippen LogP contribution is 1.99. The number of amides is 1. The summed E-state index contributed by atoms with van der Waals surface area (Å²) >= 11 is 0. The zero-order valence-corrected chi connectivity index (χ0v) is 9.16. The Morgan fingerprint density at radius 3 is 2.67 bits per heavy atom. The molecule has 4 heteroatoms. The van der Waals surface area contributed by atoms with E-state index in [-0.39, 0.29) is 18.9 Å². The predicted molar refractivity (Wildman–Crippen MR) is 58.5 cm³/mol. The van der Waals surface area contributed by atoms with Crippen molar-refractivity contribution in [1.82, 2.24) is 5.32 Å². The smallest absolute Gasteiger partial charge is 0.305 e. The summed E-state index contributed by atoms with van der Waals surface area (Å²) in [6.45, 7) is 2.32. The molecule has 0 rings (SSSR count). The first-order chi connectivity index (χ1) is 7.16.